The van der Waals surface area contributed by atoms with Crippen LogP contribution >= 0.6 is 0 Å². The number of benzene rings is 4. The monoisotopic (exact) mass is 422 g/mol. The number of carbonyl (C=O) groups is 1. The van der Waals surface area contributed by atoms with Crippen LogP contribution in [-0.2, 0) is 24.4 Å². The van der Waals surface area contributed by atoms with Crippen molar-refractivity contribution in [3.05, 3.63) is 131 Å². The maximum atomic E-state index is 12.8. The summed E-state index contributed by atoms with van der Waals surface area (Å²) in [5.41, 5.74) is 11.2. The number of hydrogen-bond acceptors (Lipinski definition) is 4. The number of esters is 1. The van der Waals surface area contributed by atoms with Gasteiger partial charge in [0.05, 0.1) is 5.56 Å². The second kappa shape index (κ2) is 10.3. The Balaban J connectivity index is 1.58. The molecule has 0 amide bonds. The minimum Gasteiger partial charge on any atom is -0.457 e. The summed E-state index contributed by atoms with van der Waals surface area (Å²) in [4.78, 5) is 15.0. The maximum Gasteiger partial charge on any atom is 0.340 e. The van der Waals surface area contributed by atoms with Crippen molar-refractivity contribution in [3.63, 3.8) is 0 Å². The Bertz CT molecular complexity index is 1100. The standard InChI is InChI=1S/C28H26N2O2/c29-27-17-16-25(18-26(27)28(31)32-21-24-14-8-3-9-15-24)30(19-22-10-4-1-5-11-22)20-23-12-6-2-7-13-23/h1-18H,19-21,29H2. The molecular weight excluding hydrogens is 396 g/mol. The molecule has 0 aromatic heterocycles. The first-order valence-corrected chi connectivity index (χ1v) is 10.6. The van der Waals surface area contributed by atoms with Crippen LogP contribution in [0.1, 0.15) is 27.0 Å². The first-order chi connectivity index (χ1) is 15.7. The first-order valence-electron chi connectivity index (χ1n) is 10.6. The second-order valence-corrected chi connectivity index (χ2v) is 7.66. The zero-order chi connectivity index (χ0) is 22.2. The molecule has 0 saturated carbocycles. The van der Waals surface area contributed by atoms with Crippen LogP contribution in [-0.4, -0.2) is 5.97 Å². The molecular formula is C28H26N2O2. The average Bonchev–Trinajstić information content (AvgIpc) is 2.84. The molecule has 0 aliphatic carbocycles. The molecule has 0 bridgehead atoms. The summed E-state index contributed by atoms with van der Waals surface area (Å²) in [6.45, 7) is 1.62. The van der Waals surface area contributed by atoms with Crippen molar-refractivity contribution < 1.29 is 9.53 Å². The fraction of sp³-hybridized carbons (Fsp3) is 0.107. The van der Waals surface area contributed by atoms with Gasteiger partial charge in [0.25, 0.3) is 0 Å². The molecule has 0 saturated heterocycles. The number of carbonyl (C=O) groups excluding carboxylic acids is 1. The minimum atomic E-state index is -0.424. The lowest BCUT2D eigenvalue weighted by molar-refractivity contribution is 0.0474. The molecule has 4 aromatic rings. The molecule has 4 rings (SSSR count). The van der Waals surface area contributed by atoms with E-state index in [9.17, 15) is 4.79 Å². The third-order valence-electron chi connectivity index (χ3n) is 5.27. The van der Waals surface area contributed by atoms with Gasteiger partial charge in [-0.2, -0.15) is 0 Å². The lowest BCUT2D eigenvalue weighted by atomic mass is 10.1. The van der Waals surface area contributed by atoms with Crippen LogP contribution in [0.3, 0.4) is 0 Å². The highest BCUT2D eigenvalue weighted by atomic mass is 16.5. The van der Waals surface area contributed by atoms with Gasteiger partial charge in [0.2, 0.25) is 0 Å². The van der Waals surface area contributed by atoms with Gasteiger partial charge in [0, 0.05) is 24.5 Å². The van der Waals surface area contributed by atoms with Crippen LogP contribution in [0.2, 0.25) is 0 Å². The number of nitrogens with two attached hydrogens (primary N) is 1. The van der Waals surface area contributed by atoms with Crippen molar-refractivity contribution in [3.8, 4) is 0 Å². The van der Waals surface area contributed by atoms with Gasteiger partial charge in [-0.15, -0.1) is 0 Å². The van der Waals surface area contributed by atoms with E-state index in [1.54, 1.807) is 6.07 Å². The molecule has 4 aromatic carbocycles. The summed E-state index contributed by atoms with van der Waals surface area (Å²) in [7, 11) is 0. The smallest absolute Gasteiger partial charge is 0.340 e. The fourth-order valence-corrected chi connectivity index (χ4v) is 3.56. The number of nitrogens with zero attached hydrogens (tertiary/aromatic N) is 1. The van der Waals surface area contributed by atoms with Crippen molar-refractivity contribution in [2.45, 2.75) is 19.7 Å². The van der Waals surface area contributed by atoms with E-state index in [1.807, 2.05) is 78.9 Å². The Labute approximate surface area is 188 Å². The molecule has 0 atom stereocenters. The largest absolute Gasteiger partial charge is 0.457 e. The van der Waals surface area contributed by atoms with Gasteiger partial charge in [0.1, 0.15) is 6.61 Å². The predicted octanol–water partition coefficient (Wildman–Crippen LogP) is 5.83. The molecule has 0 spiro atoms. The Morgan fingerprint density at radius 3 is 1.72 bits per heavy atom. The lowest BCUT2D eigenvalue weighted by Crippen LogP contribution is -2.22. The van der Waals surface area contributed by atoms with E-state index in [1.165, 1.54) is 11.1 Å². The van der Waals surface area contributed by atoms with Gasteiger partial charge in [-0.1, -0.05) is 91.0 Å². The van der Waals surface area contributed by atoms with Crippen LogP contribution in [0.25, 0.3) is 0 Å². The van der Waals surface area contributed by atoms with E-state index in [2.05, 4.69) is 29.2 Å². The van der Waals surface area contributed by atoms with Crippen molar-refractivity contribution in [2.24, 2.45) is 0 Å². The predicted molar refractivity (Wildman–Crippen MR) is 129 cm³/mol. The summed E-state index contributed by atoms with van der Waals surface area (Å²) in [6.07, 6.45) is 0. The van der Waals surface area contributed by atoms with E-state index in [0.717, 1.165) is 11.3 Å². The molecule has 160 valence electrons. The summed E-state index contributed by atoms with van der Waals surface area (Å²) in [6, 6.07) is 35.7. The van der Waals surface area contributed by atoms with Crippen molar-refractivity contribution in [2.75, 3.05) is 10.6 Å². The van der Waals surface area contributed by atoms with E-state index >= 15 is 0 Å². The summed E-state index contributed by atoms with van der Waals surface area (Å²) in [5.74, 6) is -0.424. The highest BCUT2D eigenvalue weighted by Crippen LogP contribution is 2.26. The van der Waals surface area contributed by atoms with Gasteiger partial charge in [-0.25, -0.2) is 4.79 Å². The Morgan fingerprint density at radius 2 is 1.19 bits per heavy atom. The summed E-state index contributed by atoms with van der Waals surface area (Å²) >= 11 is 0. The zero-order valence-corrected chi connectivity index (χ0v) is 17.9. The number of ether oxygens (including phenoxy) is 1. The summed E-state index contributed by atoms with van der Waals surface area (Å²) < 4.78 is 5.53. The molecule has 0 aliphatic rings. The van der Waals surface area contributed by atoms with Gasteiger partial charge in [-0.05, 0) is 34.9 Å². The number of anilines is 2. The molecule has 0 unspecified atom stereocenters. The second-order valence-electron chi connectivity index (χ2n) is 7.66. The minimum absolute atomic E-state index is 0.209. The number of rotatable bonds is 8. The molecule has 32 heavy (non-hydrogen) atoms. The molecule has 4 nitrogen and oxygen atoms in total. The third-order valence-corrected chi connectivity index (χ3v) is 5.27. The zero-order valence-electron chi connectivity index (χ0n) is 17.9. The highest BCUT2D eigenvalue weighted by Gasteiger charge is 2.16. The van der Waals surface area contributed by atoms with Gasteiger partial charge < -0.3 is 15.4 Å². The highest BCUT2D eigenvalue weighted by molar-refractivity contribution is 5.96. The Morgan fingerprint density at radius 1 is 0.688 bits per heavy atom. The van der Waals surface area contributed by atoms with Crippen LogP contribution in [0.5, 0.6) is 0 Å². The van der Waals surface area contributed by atoms with E-state index in [-0.39, 0.29) is 6.61 Å². The van der Waals surface area contributed by atoms with E-state index in [0.29, 0.717) is 24.3 Å². The Hall–Kier alpha value is -4.05. The van der Waals surface area contributed by atoms with Crippen molar-refractivity contribution in [1.82, 2.24) is 0 Å². The van der Waals surface area contributed by atoms with Crippen LogP contribution in [0, 0.1) is 0 Å². The lowest BCUT2D eigenvalue weighted by Gasteiger charge is -2.26. The van der Waals surface area contributed by atoms with Gasteiger partial charge in [-0.3, -0.25) is 0 Å². The van der Waals surface area contributed by atoms with Crippen molar-refractivity contribution >= 4 is 17.3 Å². The van der Waals surface area contributed by atoms with Crippen LogP contribution in [0.15, 0.2) is 109 Å². The Kier molecular flexibility index (Phi) is 6.83. The molecule has 0 fully saturated rings. The van der Waals surface area contributed by atoms with Gasteiger partial charge in [0.15, 0.2) is 0 Å². The number of nitrogen functional groups attached to an aromatic ring is 1. The molecule has 4 heteroatoms. The average molecular weight is 423 g/mol. The first kappa shape index (κ1) is 21.2. The molecule has 0 aliphatic heterocycles. The van der Waals surface area contributed by atoms with E-state index < -0.39 is 5.97 Å². The van der Waals surface area contributed by atoms with Crippen molar-refractivity contribution in [1.29, 1.82) is 0 Å². The quantitative estimate of drug-likeness (QED) is 0.287. The molecule has 0 radical (unpaired) electrons. The number of hydrogen-bond donors (Lipinski definition) is 1. The summed E-state index contributed by atoms with van der Waals surface area (Å²) in [5, 5.41) is 0. The van der Waals surface area contributed by atoms with Crippen LogP contribution in [0.4, 0.5) is 11.4 Å². The van der Waals surface area contributed by atoms with Crippen LogP contribution < -0.4 is 10.6 Å². The molecule has 0 heterocycles. The van der Waals surface area contributed by atoms with E-state index in [4.69, 9.17) is 10.5 Å². The molecule has 2 N–H and O–H groups in total. The normalized spacial score (nSPS) is 10.5. The van der Waals surface area contributed by atoms with Gasteiger partial charge >= 0.3 is 5.97 Å². The maximum absolute atomic E-state index is 12.8. The topological polar surface area (TPSA) is 55.6 Å². The fourth-order valence-electron chi connectivity index (χ4n) is 3.56. The SMILES string of the molecule is Nc1ccc(N(Cc2ccccc2)Cc2ccccc2)cc1C(=O)OCc1ccccc1. The third kappa shape index (κ3) is 5.55.